The summed E-state index contributed by atoms with van der Waals surface area (Å²) in [5, 5.41) is 2.78. The van der Waals surface area contributed by atoms with E-state index in [0.717, 1.165) is 24.2 Å². The molecule has 0 aromatic carbocycles. The third-order valence-electron chi connectivity index (χ3n) is 6.44. The predicted molar refractivity (Wildman–Crippen MR) is 110 cm³/mol. The SMILES string of the molecule is CCOC(=O)C1CCCN(C(=O)CN(C)C(=O)CN2C(=O)NC3(CCCCC3)C2=O)C1. The number of hydrogen-bond donors (Lipinski definition) is 1. The first-order chi connectivity index (χ1) is 14.8. The van der Waals surface area contributed by atoms with Crippen molar-refractivity contribution in [3.8, 4) is 0 Å². The summed E-state index contributed by atoms with van der Waals surface area (Å²) in [5.74, 6) is -1.76. The zero-order valence-corrected chi connectivity index (χ0v) is 18.4. The maximum atomic E-state index is 12.8. The van der Waals surface area contributed by atoms with E-state index in [4.69, 9.17) is 4.74 Å². The Morgan fingerprint density at radius 3 is 2.55 bits per heavy atom. The van der Waals surface area contributed by atoms with Crippen LogP contribution in [-0.2, 0) is 23.9 Å². The molecule has 1 atom stereocenters. The van der Waals surface area contributed by atoms with Gasteiger partial charge in [-0.3, -0.25) is 24.1 Å². The Hall–Kier alpha value is -2.65. The second kappa shape index (κ2) is 9.65. The first kappa shape index (κ1) is 23.0. The van der Waals surface area contributed by atoms with Crippen molar-refractivity contribution in [1.82, 2.24) is 20.0 Å². The topological polar surface area (TPSA) is 116 Å². The van der Waals surface area contributed by atoms with Gasteiger partial charge in [0.25, 0.3) is 5.91 Å². The number of carbonyl (C=O) groups is 5. The Balaban J connectivity index is 1.53. The van der Waals surface area contributed by atoms with Crippen LogP contribution in [0, 0.1) is 5.92 Å². The normalized spacial score (nSPS) is 23.0. The molecule has 3 aliphatic rings. The van der Waals surface area contributed by atoms with Crippen molar-refractivity contribution >= 4 is 29.7 Å². The molecule has 3 rings (SSSR count). The average Bonchev–Trinajstić information content (AvgIpc) is 2.98. The molecule has 1 unspecified atom stereocenters. The molecular formula is C21H32N4O6. The van der Waals surface area contributed by atoms with E-state index in [1.807, 2.05) is 0 Å². The number of ether oxygens (including phenoxy) is 1. The van der Waals surface area contributed by atoms with Crippen LogP contribution in [0.2, 0.25) is 0 Å². The standard InChI is InChI=1S/C21H32N4O6/c1-3-31-18(28)15-8-7-11-24(12-15)17(27)13-23(2)16(26)14-25-19(29)21(22-20(25)30)9-5-4-6-10-21/h15H,3-14H2,1-2H3,(H,22,30). The Morgan fingerprint density at radius 2 is 1.87 bits per heavy atom. The van der Waals surface area contributed by atoms with Crippen molar-refractivity contribution in [1.29, 1.82) is 0 Å². The van der Waals surface area contributed by atoms with Gasteiger partial charge in [-0.2, -0.15) is 0 Å². The molecule has 0 aromatic rings. The lowest BCUT2D eigenvalue weighted by Crippen LogP contribution is -2.50. The van der Waals surface area contributed by atoms with E-state index < -0.39 is 17.5 Å². The lowest BCUT2D eigenvalue weighted by Gasteiger charge is -2.33. The summed E-state index contributed by atoms with van der Waals surface area (Å²) in [6.45, 7) is 2.27. The van der Waals surface area contributed by atoms with Gasteiger partial charge in [0.15, 0.2) is 0 Å². The first-order valence-corrected chi connectivity index (χ1v) is 11.1. The highest BCUT2D eigenvalue weighted by Gasteiger charge is 2.51. The van der Waals surface area contributed by atoms with Gasteiger partial charge in [0.05, 0.1) is 19.1 Å². The van der Waals surface area contributed by atoms with Gasteiger partial charge in [-0.25, -0.2) is 4.79 Å². The zero-order chi connectivity index (χ0) is 22.6. The molecule has 1 saturated carbocycles. The van der Waals surface area contributed by atoms with Crippen LogP contribution >= 0.6 is 0 Å². The summed E-state index contributed by atoms with van der Waals surface area (Å²) in [6, 6.07) is -0.548. The van der Waals surface area contributed by atoms with Gasteiger partial charge < -0.3 is 19.9 Å². The van der Waals surface area contributed by atoms with Gasteiger partial charge in [-0.1, -0.05) is 19.3 Å². The van der Waals surface area contributed by atoms with Crippen LogP contribution < -0.4 is 5.32 Å². The summed E-state index contributed by atoms with van der Waals surface area (Å²) in [7, 11) is 1.47. The van der Waals surface area contributed by atoms with Crippen molar-refractivity contribution in [2.75, 3.05) is 39.8 Å². The molecule has 31 heavy (non-hydrogen) atoms. The van der Waals surface area contributed by atoms with Crippen LogP contribution in [0.25, 0.3) is 0 Å². The summed E-state index contributed by atoms with van der Waals surface area (Å²) >= 11 is 0. The zero-order valence-electron chi connectivity index (χ0n) is 18.4. The van der Waals surface area contributed by atoms with E-state index in [0.29, 0.717) is 38.8 Å². The van der Waals surface area contributed by atoms with E-state index in [1.165, 1.54) is 11.9 Å². The molecule has 1 spiro atoms. The van der Waals surface area contributed by atoms with Gasteiger partial charge in [-0.15, -0.1) is 0 Å². The van der Waals surface area contributed by atoms with Crippen molar-refractivity contribution in [3.63, 3.8) is 0 Å². The molecule has 10 nitrogen and oxygen atoms in total. The Bertz CT molecular complexity index is 748. The van der Waals surface area contributed by atoms with Crippen LogP contribution in [0.3, 0.4) is 0 Å². The van der Waals surface area contributed by atoms with Crippen molar-refractivity contribution in [2.24, 2.45) is 5.92 Å². The van der Waals surface area contributed by atoms with E-state index in [9.17, 15) is 24.0 Å². The third-order valence-corrected chi connectivity index (χ3v) is 6.44. The minimum absolute atomic E-state index is 0.177. The van der Waals surface area contributed by atoms with Crippen molar-refractivity contribution in [2.45, 2.75) is 57.4 Å². The molecule has 10 heteroatoms. The van der Waals surface area contributed by atoms with Crippen LogP contribution in [-0.4, -0.2) is 89.8 Å². The van der Waals surface area contributed by atoms with E-state index in [2.05, 4.69) is 5.32 Å². The monoisotopic (exact) mass is 436 g/mol. The van der Waals surface area contributed by atoms with Crippen LogP contribution in [0.4, 0.5) is 4.79 Å². The highest BCUT2D eigenvalue weighted by atomic mass is 16.5. The average molecular weight is 437 g/mol. The molecule has 0 radical (unpaired) electrons. The molecule has 0 aromatic heterocycles. The molecule has 1 N–H and O–H groups in total. The molecule has 5 amide bonds. The molecule has 2 heterocycles. The summed E-state index contributed by atoms with van der Waals surface area (Å²) < 4.78 is 5.05. The first-order valence-electron chi connectivity index (χ1n) is 11.1. The molecule has 2 aliphatic heterocycles. The smallest absolute Gasteiger partial charge is 0.325 e. The fraction of sp³-hybridized carbons (Fsp3) is 0.762. The molecular weight excluding hydrogens is 404 g/mol. The number of carbonyl (C=O) groups excluding carboxylic acids is 5. The maximum Gasteiger partial charge on any atom is 0.325 e. The number of likely N-dealkylation sites (N-methyl/N-ethyl adjacent to an activating group) is 1. The quantitative estimate of drug-likeness (QED) is 0.479. The minimum atomic E-state index is -0.875. The fourth-order valence-corrected chi connectivity index (χ4v) is 4.62. The number of nitrogens with zero attached hydrogens (tertiary/aromatic N) is 3. The number of urea groups is 1. The van der Waals surface area contributed by atoms with E-state index in [1.54, 1.807) is 11.8 Å². The number of esters is 1. The van der Waals surface area contributed by atoms with Crippen molar-refractivity contribution in [3.05, 3.63) is 0 Å². The van der Waals surface area contributed by atoms with Gasteiger partial charge in [-0.05, 0) is 32.6 Å². The lowest BCUT2D eigenvalue weighted by atomic mass is 9.82. The number of hydrogen-bond acceptors (Lipinski definition) is 6. The minimum Gasteiger partial charge on any atom is -0.466 e. The molecule has 2 saturated heterocycles. The van der Waals surface area contributed by atoms with Crippen molar-refractivity contribution < 1.29 is 28.7 Å². The number of piperidine rings is 1. The summed E-state index contributed by atoms with van der Waals surface area (Å²) in [5.41, 5.74) is -0.875. The van der Waals surface area contributed by atoms with Crippen LogP contribution in [0.1, 0.15) is 51.9 Å². The Morgan fingerprint density at radius 1 is 1.16 bits per heavy atom. The molecule has 3 fully saturated rings. The number of amides is 5. The van der Waals surface area contributed by atoms with E-state index >= 15 is 0 Å². The van der Waals surface area contributed by atoms with Gasteiger partial charge in [0.1, 0.15) is 12.1 Å². The Labute approximate surface area is 182 Å². The van der Waals surface area contributed by atoms with Gasteiger partial charge in [0.2, 0.25) is 11.8 Å². The number of nitrogens with one attached hydrogen (secondary N) is 1. The molecule has 172 valence electrons. The van der Waals surface area contributed by atoms with Gasteiger partial charge >= 0.3 is 12.0 Å². The summed E-state index contributed by atoms with van der Waals surface area (Å²) in [6.07, 6.45) is 5.31. The Kier molecular flexibility index (Phi) is 7.17. The highest BCUT2D eigenvalue weighted by Crippen LogP contribution is 2.33. The van der Waals surface area contributed by atoms with Crippen LogP contribution in [0.5, 0.6) is 0 Å². The second-order valence-corrected chi connectivity index (χ2v) is 8.64. The van der Waals surface area contributed by atoms with Crippen LogP contribution in [0.15, 0.2) is 0 Å². The number of likely N-dealkylation sites (tertiary alicyclic amines) is 1. The number of imide groups is 1. The van der Waals surface area contributed by atoms with E-state index in [-0.39, 0.29) is 43.3 Å². The lowest BCUT2D eigenvalue weighted by molar-refractivity contribution is -0.152. The highest BCUT2D eigenvalue weighted by molar-refractivity contribution is 6.09. The maximum absolute atomic E-state index is 12.8. The number of rotatable bonds is 6. The largest absolute Gasteiger partial charge is 0.466 e. The second-order valence-electron chi connectivity index (χ2n) is 8.64. The fourth-order valence-electron chi connectivity index (χ4n) is 4.62. The predicted octanol–water partition coefficient (Wildman–Crippen LogP) is 0.501. The third kappa shape index (κ3) is 4.99. The van der Waals surface area contributed by atoms with Gasteiger partial charge in [0, 0.05) is 20.1 Å². The molecule has 0 bridgehead atoms. The summed E-state index contributed by atoms with van der Waals surface area (Å²) in [4.78, 5) is 66.2. The molecule has 1 aliphatic carbocycles.